The van der Waals surface area contributed by atoms with E-state index in [0.717, 1.165) is 10.9 Å². The van der Waals surface area contributed by atoms with Crippen LogP contribution in [-0.4, -0.2) is 23.1 Å². The lowest BCUT2D eigenvalue weighted by molar-refractivity contribution is 0.0937. The van der Waals surface area contributed by atoms with Gasteiger partial charge in [-0.3, -0.25) is 10.2 Å². The van der Waals surface area contributed by atoms with Crippen LogP contribution >= 0.6 is 0 Å². The first-order valence-electron chi connectivity index (χ1n) is 6.87. The molecule has 0 aliphatic carbocycles. The standard InChI is InChI=1S/C15H20N4O2/c1-10(2)8-16-15(21)18-17-14(20)12-9-19(3)13-7-5-4-6-11(12)13/h4-7,9-10H,8H2,1-3H3,(H,17,20)(H2,16,18,21). The lowest BCUT2D eigenvalue weighted by Crippen LogP contribution is -2.47. The fraction of sp³-hybridized carbons (Fsp3) is 0.333. The molecule has 112 valence electrons. The molecular formula is C15H20N4O2. The molecule has 3 amide bonds. The van der Waals surface area contributed by atoms with Gasteiger partial charge in [0.15, 0.2) is 0 Å². The number of urea groups is 1. The fourth-order valence-electron chi connectivity index (χ4n) is 2.04. The number of hydrogen-bond donors (Lipinski definition) is 3. The molecule has 0 spiro atoms. The van der Waals surface area contributed by atoms with Crippen LogP contribution in [0.25, 0.3) is 10.9 Å². The third kappa shape index (κ3) is 3.53. The van der Waals surface area contributed by atoms with Crippen LogP contribution in [0.5, 0.6) is 0 Å². The number of carbonyl (C=O) groups is 2. The summed E-state index contributed by atoms with van der Waals surface area (Å²) in [6.07, 6.45) is 1.74. The molecule has 0 fully saturated rings. The molecule has 0 radical (unpaired) electrons. The lowest BCUT2D eigenvalue weighted by Gasteiger charge is -2.10. The number of amides is 3. The first kappa shape index (κ1) is 14.9. The van der Waals surface area contributed by atoms with E-state index in [1.54, 1.807) is 6.20 Å². The molecule has 6 heteroatoms. The Morgan fingerprint density at radius 3 is 2.62 bits per heavy atom. The monoisotopic (exact) mass is 288 g/mol. The van der Waals surface area contributed by atoms with Gasteiger partial charge in [-0.15, -0.1) is 0 Å². The topological polar surface area (TPSA) is 75.2 Å². The summed E-state index contributed by atoms with van der Waals surface area (Å²) in [7, 11) is 1.88. The summed E-state index contributed by atoms with van der Waals surface area (Å²) >= 11 is 0. The molecule has 2 rings (SSSR count). The highest BCUT2D eigenvalue weighted by Gasteiger charge is 2.14. The molecule has 0 saturated carbocycles. The van der Waals surface area contributed by atoms with Crippen LogP contribution < -0.4 is 16.2 Å². The minimum absolute atomic E-state index is 0.341. The Morgan fingerprint density at radius 2 is 1.90 bits per heavy atom. The first-order valence-corrected chi connectivity index (χ1v) is 6.87. The Labute approximate surface area is 123 Å². The molecule has 1 heterocycles. The molecule has 1 aromatic carbocycles. The highest BCUT2D eigenvalue weighted by molar-refractivity contribution is 6.07. The smallest absolute Gasteiger partial charge is 0.333 e. The number of benzene rings is 1. The van der Waals surface area contributed by atoms with E-state index < -0.39 is 6.03 Å². The van der Waals surface area contributed by atoms with E-state index in [-0.39, 0.29) is 5.91 Å². The number of hydrazine groups is 1. The van der Waals surface area contributed by atoms with Crippen LogP contribution in [0.1, 0.15) is 24.2 Å². The largest absolute Gasteiger partial charge is 0.350 e. The van der Waals surface area contributed by atoms with Crippen molar-refractivity contribution in [2.45, 2.75) is 13.8 Å². The van der Waals surface area contributed by atoms with Crippen molar-refractivity contribution in [3.63, 3.8) is 0 Å². The zero-order valence-corrected chi connectivity index (χ0v) is 12.4. The van der Waals surface area contributed by atoms with Crippen molar-refractivity contribution in [1.29, 1.82) is 0 Å². The van der Waals surface area contributed by atoms with Crippen LogP contribution in [0.2, 0.25) is 0 Å². The van der Waals surface area contributed by atoms with E-state index in [2.05, 4.69) is 16.2 Å². The third-order valence-corrected chi connectivity index (χ3v) is 3.10. The second kappa shape index (κ2) is 6.30. The van der Waals surface area contributed by atoms with Gasteiger partial charge in [-0.25, -0.2) is 10.2 Å². The Kier molecular flexibility index (Phi) is 4.47. The van der Waals surface area contributed by atoms with Gasteiger partial charge < -0.3 is 9.88 Å². The summed E-state index contributed by atoms with van der Waals surface area (Å²) in [6, 6.07) is 7.19. The number of para-hydroxylation sites is 1. The van der Waals surface area contributed by atoms with Crippen molar-refractivity contribution in [2.75, 3.05) is 6.54 Å². The van der Waals surface area contributed by atoms with Crippen LogP contribution in [0.4, 0.5) is 4.79 Å². The SMILES string of the molecule is CC(C)CNC(=O)NNC(=O)c1cn(C)c2ccccc12. The minimum Gasteiger partial charge on any atom is -0.350 e. The number of aromatic nitrogens is 1. The summed E-state index contributed by atoms with van der Waals surface area (Å²) in [5.41, 5.74) is 6.25. The first-order chi connectivity index (χ1) is 9.99. The number of aryl methyl sites for hydroxylation is 1. The van der Waals surface area contributed by atoms with E-state index in [1.807, 2.05) is 49.7 Å². The summed E-state index contributed by atoms with van der Waals surface area (Å²) in [5.74, 6) is 0.0102. The van der Waals surface area contributed by atoms with Crippen molar-refractivity contribution in [1.82, 2.24) is 20.7 Å². The van der Waals surface area contributed by atoms with Gasteiger partial charge in [0.25, 0.3) is 5.91 Å². The summed E-state index contributed by atoms with van der Waals surface area (Å²) < 4.78 is 1.88. The van der Waals surface area contributed by atoms with Crippen molar-refractivity contribution >= 4 is 22.8 Å². The molecular weight excluding hydrogens is 268 g/mol. The molecule has 1 aromatic heterocycles. The molecule has 2 aromatic rings. The van der Waals surface area contributed by atoms with Crippen LogP contribution in [0, 0.1) is 5.92 Å². The van der Waals surface area contributed by atoms with Crippen molar-refractivity contribution < 1.29 is 9.59 Å². The number of nitrogens with zero attached hydrogens (tertiary/aromatic N) is 1. The molecule has 0 unspecified atom stereocenters. The van der Waals surface area contributed by atoms with Crippen LogP contribution in [0.3, 0.4) is 0 Å². The van der Waals surface area contributed by atoms with Gasteiger partial charge in [-0.2, -0.15) is 0 Å². The molecule has 0 saturated heterocycles. The molecule has 0 aliphatic rings. The Bertz CT molecular complexity index is 661. The molecule has 21 heavy (non-hydrogen) atoms. The molecule has 0 bridgehead atoms. The third-order valence-electron chi connectivity index (χ3n) is 3.10. The normalized spacial score (nSPS) is 10.7. The highest BCUT2D eigenvalue weighted by Crippen LogP contribution is 2.19. The quantitative estimate of drug-likeness (QED) is 0.753. The van der Waals surface area contributed by atoms with Gasteiger partial charge >= 0.3 is 6.03 Å². The van der Waals surface area contributed by atoms with E-state index in [1.165, 1.54) is 0 Å². The number of carbonyl (C=O) groups excluding carboxylic acids is 2. The van der Waals surface area contributed by atoms with Crippen LogP contribution in [0.15, 0.2) is 30.5 Å². The van der Waals surface area contributed by atoms with E-state index in [9.17, 15) is 9.59 Å². The number of nitrogens with one attached hydrogen (secondary N) is 3. The zero-order chi connectivity index (χ0) is 15.4. The summed E-state index contributed by atoms with van der Waals surface area (Å²) in [4.78, 5) is 23.7. The van der Waals surface area contributed by atoms with Crippen molar-refractivity contribution in [3.05, 3.63) is 36.0 Å². The summed E-state index contributed by atoms with van der Waals surface area (Å²) in [6.45, 7) is 4.54. The Morgan fingerprint density at radius 1 is 1.19 bits per heavy atom. The zero-order valence-electron chi connectivity index (χ0n) is 12.4. The number of rotatable bonds is 3. The van der Waals surface area contributed by atoms with Gasteiger partial charge in [0.1, 0.15) is 0 Å². The summed E-state index contributed by atoms with van der Waals surface area (Å²) in [5, 5.41) is 3.51. The van der Waals surface area contributed by atoms with Gasteiger partial charge in [0, 0.05) is 30.7 Å². The van der Waals surface area contributed by atoms with E-state index in [4.69, 9.17) is 0 Å². The molecule has 3 N–H and O–H groups in total. The molecule has 0 atom stereocenters. The maximum atomic E-state index is 12.1. The van der Waals surface area contributed by atoms with Gasteiger partial charge in [-0.1, -0.05) is 32.0 Å². The Balaban J connectivity index is 2.01. The lowest BCUT2D eigenvalue weighted by atomic mass is 10.2. The van der Waals surface area contributed by atoms with Crippen molar-refractivity contribution in [3.8, 4) is 0 Å². The van der Waals surface area contributed by atoms with Gasteiger partial charge in [-0.05, 0) is 12.0 Å². The van der Waals surface area contributed by atoms with Crippen LogP contribution in [-0.2, 0) is 7.05 Å². The van der Waals surface area contributed by atoms with Gasteiger partial charge in [0.2, 0.25) is 0 Å². The molecule has 0 aliphatic heterocycles. The van der Waals surface area contributed by atoms with Crippen molar-refractivity contribution in [2.24, 2.45) is 13.0 Å². The predicted octanol–water partition coefficient (Wildman–Crippen LogP) is 1.78. The average Bonchev–Trinajstić information content (AvgIpc) is 2.80. The maximum absolute atomic E-state index is 12.1. The number of hydrogen-bond acceptors (Lipinski definition) is 2. The van der Waals surface area contributed by atoms with E-state index in [0.29, 0.717) is 18.0 Å². The van der Waals surface area contributed by atoms with E-state index >= 15 is 0 Å². The van der Waals surface area contributed by atoms with Gasteiger partial charge in [0.05, 0.1) is 5.56 Å². The second-order valence-electron chi connectivity index (χ2n) is 5.35. The second-order valence-corrected chi connectivity index (χ2v) is 5.35. The number of fused-ring (bicyclic) bond motifs is 1. The maximum Gasteiger partial charge on any atom is 0.333 e. The molecule has 6 nitrogen and oxygen atoms in total. The fourth-order valence-corrected chi connectivity index (χ4v) is 2.04. The minimum atomic E-state index is -0.419. The highest BCUT2D eigenvalue weighted by atomic mass is 16.2. The predicted molar refractivity (Wildman–Crippen MR) is 81.8 cm³/mol. The Hall–Kier alpha value is -2.50. The average molecular weight is 288 g/mol.